The van der Waals surface area contributed by atoms with E-state index in [1.165, 1.54) is 12.2 Å². The van der Waals surface area contributed by atoms with Crippen LogP contribution in [0, 0.1) is 22.2 Å². The number of hydrogen-bond donors (Lipinski definition) is 0. The van der Waals surface area contributed by atoms with E-state index < -0.39 is 22.4 Å². The van der Waals surface area contributed by atoms with Crippen LogP contribution in [0.3, 0.4) is 0 Å². The molecule has 0 unspecified atom stereocenters. The molecule has 0 bridgehead atoms. The Morgan fingerprint density at radius 1 is 1.08 bits per heavy atom. The third kappa shape index (κ3) is 6.48. The molecule has 1 aromatic carbocycles. The van der Waals surface area contributed by atoms with Gasteiger partial charge in [-0.05, 0) is 51.3 Å². The van der Waals surface area contributed by atoms with Crippen molar-refractivity contribution in [3.05, 3.63) is 48.0 Å². The maximum atomic E-state index is 12.8. The highest BCUT2D eigenvalue weighted by Gasteiger charge is 2.40. The van der Waals surface area contributed by atoms with E-state index in [-0.39, 0.29) is 12.2 Å². The van der Waals surface area contributed by atoms with Crippen molar-refractivity contribution >= 4 is 11.8 Å². The van der Waals surface area contributed by atoms with Gasteiger partial charge >= 0.3 is 5.97 Å². The van der Waals surface area contributed by atoms with E-state index in [4.69, 9.17) is 4.74 Å². The topological polar surface area (TPSA) is 67.2 Å². The van der Waals surface area contributed by atoms with Crippen LogP contribution in [0.5, 0.6) is 0 Å². The van der Waals surface area contributed by atoms with Gasteiger partial charge in [-0.1, -0.05) is 51.1 Å². The van der Waals surface area contributed by atoms with E-state index in [9.17, 15) is 14.9 Å². The Hall–Kier alpha value is -2.41. The maximum Gasteiger partial charge on any atom is 0.331 e. The molecular formula is C22H29NO3. The monoisotopic (exact) mass is 355 g/mol. The van der Waals surface area contributed by atoms with E-state index in [1.807, 2.05) is 30.3 Å². The molecule has 0 N–H and O–H groups in total. The molecule has 0 aliphatic heterocycles. The Morgan fingerprint density at radius 3 is 2.12 bits per heavy atom. The van der Waals surface area contributed by atoms with Crippen molar-refractivity contribution in [3.8, 4) is 6.07 Å². The molecule has 1 rings (SSSR count). The van der Waals surface area contributed by atoms with E-state index in [0.717, 1.165) is 5.56 Å². The summed E-state index contributed by atoms with van der Waals surface area (Å²) in [5, 5.41) is 9.82. The number of benzene rings is 1. The second-order valence-electron chi connectivity index (χ2n) is 8.52. The smallest absolute Gasteiger partial charge is 0.331 e. The zero-order valence-electron chi connectivity index (χ0n) is 16.6. The summed E-state index contributed by atoms with van der Waals surface area (Å²) in [4.78, 5) is 25.0. The molecule has 0 radical (unpaired) electrons. The Morgan fingerprint density at radius 2 is 1.65 bits per heavy atom. The number of rotatable bonds is 6. The molecule has 4 nitrogen and oxygen atoms in total. The number of aryl methyl sites for hydroxylation is 1. The van der Waals surface area contributed by atoms with Crippen LogP contribution in [0.1, 0.15) is 53.5 Å². The number of allylic oxidation sites excluding steroid dienone is 1. The lowest BCUT2D eigenvalue weighted by molar-refractivity contribution is -0.161. The molecule has 1 atom stereocenters. The number of esters is 1. The Balaban J connectivity index is 3.16. The van der Waals surface area contributed by atoms with Crippen LogP contribution in [-0.4, -0.2) is 17.4 Å². The molecule has 0 heterocycles. The van der Waals surface area contributed by atoms with Crippen molar-refractivity contribution in [2.75, 3.05) is 0 Å². The minimum absolute atomic E-state index is 0.139. The van der Waals surface area contributed by atoms with Crippen molar-refractivity contribution in [2.45, 2.75) is 60.0 Å². The highest BCUT2D eigenvalue weighted by Crippen LogP contribution is 2.30. The summed E-state index contributed by atoms with van der Waals surface area (Å²) in [7, 11) is 0. The normalized spacial score (nSPS) is 14.5. The molecule has 1 aromatic rings. The molecule has 4 heteroatoms. The summed E-state index contributed by atoms with van der Waals surface area (Å²) in [6, 6.07) is 11.7. The average molecular weight is 355 g/mol. The molecule has 0 spiro atoms. The largest absolute Gasteiger partial charge is 0.459 e. The molecule has 0 aromatic heterocycles. The van der Waals surface area contributed by atoms with Crippen molar-refractivity contribution in [1.29, 1.82) is 5.26 Å². The second-order valence-corrected chi connectivity index (χ2v) is 8.52. The van der Waals surface area contributed by atoms with Crippen LogP contribution in [0.25, 0.3) is 0 Å². The molecule has 0 aliphatic rings. The molecule has 0 amide bonds. The Kier molecular flexibility index (Phi) is 6.92. The first-order valence-corrected chi connectivity index (χ1v) is 8.82. The third-order valence-corrected chi connectivity index (χ3v) is 3.87. The first kappa shape index (κ1) is 21.6. The fourth-order valence-corrected chi connectivity index (χ4v) is 2.22. The Labute approximate surface area is 156 Å². The molecule has 0 aliphatic carbocycles. The maximum absolute atomic E-state index is 12.8. The van der Waals surface area contributed by atoms with E-state index in [2.05, 4.69) is 6.07 Å². The Bertz CT molecular complexity index is 700. The zero-order valence-corrected chi connectivity index (χ0v) is 16.6. The number of ketones is 1. The van der Waals surface area contributed by atoms with Gasteiger partial charge in [-0.25, -0.2) is 4.79 Å². The molecule has 140 valence electrons. The van der Waals surface area contributed by atoms with Gasteiger partial charge in [0.05, 0.1) is 6.07 Å². The predicted molar refractivity (Wildman–Crippen MR) is 102 cm³/mol. The van der Waals surface area contributed by atoms with Crippen LogP contribution in [0.2, 0.25) is 0 Å². The fraction of sp³-hybridized carbons (Fsp3) is 0.500. The van der Waals surface area contributed by atoms with Crippen LogP contribution in [0.4, 0.5) is 0 Å². The third-order valence-electron chi connectivity index (χ3n) is 3.87. The summed E-state index contributed by atoms with van der Waals surface area (Å²) in [6.07, 6.45) is 3.54. The zero-order chi connectivity index (χ0) is 20.0. The van der Waals surface area contributed by atoms with Crippen molar-refractivity contribution in [3.63, 3.8) is 0 Å². The lowest BCUT2D eigenvalue weighted by Gasteiger charge is -2.27. The van der Waals surface area contributed by atoms with Gasteiger partial charge in [0.25, 0.3) is 0 Å². The van der Waals surface area contributed by atoms with Gasteiger partial charge in [0.1, 0.15) is 5.60 Å². The quantitative estimate of drug-likeness (QED) is 0.550. The minimum atomic E-state index is -1.50. The SMILES string of the molecule is CC(C)(C)OC(=O)[C@](C#N)(/C=C/C(=O)C(C)(C)C)CCc1ccccc1. The number of hydrogen-bond acceptors (Lipinski definition) is 4. The van der Waals surface area contributed by atoms with Crippen molar-refractivity contribution in [2.24, 2.45) is 10.8 Å². The van der Waals surface area contributed by atoms with Crippen LogP contribution >= 0.6 is 0 Å². The van der Waals surface area contributed by atoms with Crippen molar-refractivity contribution < 1.29 is 14.3 Å². The summed E-state index contributed by atoms with van der Waals surface area (Å²) >= 11 is 0. The van der Waals surface area contributed by atoms with E-state index in [1.54, 1.807) is 41.5 Å². The summed E-state index contributed by atoms with van der Waals surface area (Å²) in [6.45, 7) is 10.7. The van der Waals surface area contributed by atoms with Gasteiger partial charge in [0, 0.05) is 5.41 Å². The second kappa shape index (κ2) is 8.31. The van der Waals surface area contributed by atoms with E-state index in [0.29, 0.717) is 6.42 Å². The first-order valence-electron chi connectivity index (χ1n) is 8.82. The summed E-state index contributed by atoms with van der Waals surface area (Å²) in [5.74, 6) is -0.762. The van der Waals surface area contributed by atoms with Gasteiger partial charge in [-0.2, -0.15) is 5.26 Å². The minimum Gasteiger partial charge on any atom is -0.459 e. The molecular weight excluding hydrogens is 326 g/mol. The van der Waals surface area contributed by atoms with Crippen molar-refractivity contribution in [1.82, 2.24) is 0 Å². The predicted octanol–water partition coefficient (Wildman–Crippen LogP) is 4.64. The van der Waals surface area contributed by atoms with Crippen LogP contribution in [-0.2, 0) is 20.7 Å². The average Bonchev–Trinajstić information content (AvgIpc) is 2.53. The van der Waals surface area contributed by atoms with Gasteiger partial charge in [0.15, 0.2) is 11.2 Å². The van der Waals surface area contributed by atoms with Gasteiger partial charge in [-0.3, -0.25) is 4.79 Å². The van der Waals surface area contributed by atoms with Gasteiger partial charge in [-0.15, -0.1) is 0 Å². The lowest BCUT2D eigenvalue weighted by atomic mass is 9.81. The van der Waals surface area contributed by atoms with Crippen LogP contribution in [0.15, 0.2) is 42.5 Å². The number of nitrogens with zero attached hydrogens (tertiary/aromatic N) is 1. The van der Waals surface area contributed by atoms with Gasteiger partial charge in [0.2, 0.25) is 0 Å². The molecule has 0 fully saturated rings. The number of carbonyl (C=O) groups is 2. The summed E-state index contributed by atoms with van der Waals surface area (Å²) in [5.41, 5.74) is -1.77. The summed E-state index contributed by atoms with van der Waals surface area (Å²) < 4.78 is 5.48. The molecule has 0 saturated heterocycles. The molecule has 26 heavy (non-hydrogen) atoms. The number of carbonyl (C=O) groups excluding carboxylic acids is 2. The first-order chi connectivity index (χ1) is 11.9. The molecule has 0 saturated carbocycles. The number of nitriles is 1. The highest BCUT2D eigenvalue weighted by atomic mass is 16.6. The number of ether oxygens (including phenoxy) is 1. The lowest BCUT2D eigenvalue weighted by Crippen LogP contribution is -2.36. The highest BCUT2D eigenvalue weighted by molar-refractivity contribution is 5.95. The van der Waals surface area contributed by atoms with E-state index >= 15 is 0 Å². The standard InChI is InChI=1S/C22H29NO3/c1-20(2,3)18(24)13-15-22(16-23,19(25)26-21(4,5)6)14-12-17-10-8-7-9-11-17/h7-11,13,15H,12,14H2,1-6H3/b15-13+/t22-/m0/s1. The van der Waals surface area contributed by atoms with Gasteiger partial charge < -0.3 is 4.74 Å². The van der Waals surface area contributed by atoms with Crippen LogP contribution < -0.4 is 0 Å². The fourth-order valence-electron chi connectivity index (χ4n) is 2.22.